The molecule has 0 spiro atoms. The van der Waals surface area contributed by atoms with Gasteiger partial charge < -0.3 is 21.0 Å². The highest BCUT2D eigenvalue weighted by atomic mass is 16.5. The van der Waals surface area contributed by atoms with E-state index in [2.05, 4.69) is 15.4 Å². The van der Waals surface area contributed by atoms with Crippen LogP contribution in [0, 0.1) is 5.41 Å². The molecule has 7 heteroatoms. The van der Waals surface area contributed by atoms with Crippen molar-refractivity contribution in [3.8, 4) is 0 Å². The number of rotatable bonds is 6. The van der Waals surface area contributed by atoms with Crippen LogP contribution in [0.2, 0.25) is 0 Å². The van der Waals surface area contributed by atoms with E-state index in [0.29, 0.717) is 19.4 Å². The lowest BCUT2D eigenvalue weighted by Crippen LogP contribution is -2.54. The Labute approximate surface area is 119 Å². The van der Waals surface area contributed by atoms with Crippen molar-refractivity contribution >= 4 is 11.7 Å². The highest BCUT2D eigenvalue weighted by molar-refractivity contribution is 6.07. The molecule has 1 heterocycles. The molecular formula is C13H24N4O3. The number of carbonyl (C=O) groups is 1. The van der Waals surface area contributed by atoms with Crippen LogP contribution in [-0.2, 0) is 9.53 Å². The van der Waals surface area contributed by atoms with Crippen molar-refractivity contribution in [2.75, 3.05) is 39.4 Å². The SMILES string of the molecule is NC(=NO)C1(C(=O)NCCCN2CCOCC2)CCC1. The Bertz CT molecular complexity index is 363. The summed E-state index contributed by atoms with van der Waals surface area (Å²) < 4.78 is 5.29. The van der Waals surface area contributed by atoms with Gasteiger partial charge in [0.15, 0.2) is 5.84 Å². The predicted octanol–water partition coefficient (Wildman–Crippen LogP) is -0.258. The van der Waals surface area contributed by atoms with Gasteiger partial charge in [0.05, 0.1) is 13.2 Å². The third-order valence-corrected chi connectivity index (χ3v) is 4.28. The lowest BCUT2D eigenvalue weighted by molar-refractivity contribution is -0.131. The largest absolute Gasteiger partial charge is 0.409 e. The summed E-state index contributed by atoms with van der Waals surface area (Å²) in [6.07, 6.45) is 3.17. The van der Waals surface area contributed by atoms with Crippen molar-refractivity contribution in [2.45, 2.75) is 25.7 Å². The molecule has 20 heavy (non-hydrogen) atoms. The van der Waals surface area contributed by atoms with Gasteiger partial charge in [0.2, 0.25) is 5.91 Å². The van der Waals surface area contributed by atoms with Crippen LogP contribution in [0.15, 0.2) is 5.16 Å². The van der Waals surface area contributed by atoms with Crippen LogP contribution in [0.1, 0.15) is 25.7 Å². The number of nitrogens with one attached hydrogen (secondary N) is 1. The average Bonchev–Trinajstić information content (AvgIpc) is 2.43. The van der Waals surface area contributed by atoms with E-state index in [9.17, 15) is 4.79 Å². The summed E-state index contributed by atoms with van der Waals surface area (Å²) in [5.74, 6) is -0.0737. The first kappa shape index (κ1) is 15.1. The first-order valence-corrected chi connectivity index (χ1v) is 7.25. The average molecular weight is 284 g/mol. The van der Waals surface area contributed by atoms with Gasteiger partial charge in [0.25, 0.3) is 0 Å². The van der Waals surface area contributed by atoms with Crippen molar-refractivity contribution < 1.29 is 14.7 Å². The summed E-state index contributed by atoms with van der Waals surface area (Å²) >= 11 is 0. The van der Waals surface area contributed by atoms with Gasteiger partial charge in [-0.15, -0.1) is 0 Å². The van der Waals surface area contributed by atoms with Crippen LogP contribution in [0.5, 0.6) is 0 Å². The predicted molar refractivity (Wildman–Crippen MR) is 74.6 cm³/mol. The molecule has 0 unspecified atom stereocenters. The molecule has 1 amide bonds. The first-order valence-electron chi connectivity index (χ1n) is 7.25. The number of amidine groups is 1. The summed E-state index contributed by atoms with van der Waals surface area (Å²) in [5.41, 5.74) is 4.88. The van der Waals surface area contributed by atoms with E-state index < -0.39 is 5.41 Å². The molecule has 114 valence electrons. The summed E-state index contributed by atoms with van der Waals surface area (Å²) in [7, 11) is 0. The van der Waals surface area contributed by atoms with Gasteiger partial charge in [0.1, 0.15) is 5.41 Å². The molecule has 0 aromatic rings. The number of hydrogen-bond acceptors (Lipinski definition) is 5. The number of nitrogens with two attached hydrogens (primary N) is 1. The Hall–Kier alpha value is -1.34. The first-order chi connectivity index (χ1) is 9.69. The van der Waals surface area contributed by atoms with Crippen LogP contribution in [0.4, 0.5) is 0 Å². The second kappa shape index (κ2) is 6.90. The molecule has 0 radical (unpaired) electrons. The zero-order chi connectivity index (χ0) is 14.4. The fraction of sp³-hybridized carbons (Fsp3) is 0.846. The van der Waals surface area contributed by atoms with Crippen LogP contribution in [0.25, 0.3) is 0 Å². The molecule has 2 rings (SSSR count). The molecule has 1 saturated heterocycles. The lowest BCUT2D eigenvalue weighted by Gasteiger charge is -2.38. The van der Waals surface area contributed by atoms with Crippen molar-refractivity contribution in [1.82, 2.24) is 10.2 Å². The van der Waals surface area contributed by atoms with Crippen molar-refractivity contribution in [2.24, 2.45) is 16.3 Å². The van der Waals surface area contributed by atoms with E-state index >= 15 is 0 Å². The Balaban J connectivity index is 1.69. The van der Waals surface area contributed by atoms with Crippen molar-refractivity contribution in [3.63, 3.8) is 0 Å². The fourth-order valence-corrected chi connectivity index (χ4v) is 2.72. The lowest BCUT2D eigenvalue weighted by atomic mass is 9.67. The van der Waals surface area contributed by atoms with Gasteiger partial charge in [-0.05, 0) is 25.8 Å². The number of amides is 1. The highest BCUT2D eigenvalue weighted by Crippen LogP contribution is 2.41. The number of nitrogens with zero attached hydrogens (tertiary/aromatic N) is 2. The zero-order valence-electron chi connectivity index (χ0n) is 11.8. The van der Waals surface area contributed by atoms with E-state index in [1.54, 1.807) is 0 Å². The minimum absolute atomic E-state index is 0.0365. The van der Waals surface area contributed by atoms with Crippen molar-refractivity contribution in [1.29, 1.82) is 0 Å². The fourth-order valence-electron chi connectivity index (χ4n) is 2.72. The minimum atomic E-state index is -0.770. The van der Waals surface area contributed by atoms with E-state index in [-0.39, 0.29) is 11.7 Å². The number of hydrogen-bond donors (Lipinski definition) is 3. The highest BCUT2D eigenvalue weighted by Gasteiger charge is 2.48. The Morgan fingerprint density at radius 3 is 2.65 bits per heavy atom. The Morgan fingerprint density at radius 1 is 1.40 bits per heavy atom. The third kappa shape index (κ3) is 3.21. The summed E-state index contributed by atoms with van der Waals surface area (Å²) in [4.78, 5) is 14.5. The number of oxime groups is 1. The van der Waals surface area contributed by atoms with Crippen LogP contribution in [0.3, 0.4) is 0 Å². The monoisotopic (exact) mass is 284 g/mol. The maximum absolute atomic E-state index is 12.2. The van der Waals surface area contributed by atoms with Crippen LogP contribution in [-0.4, -0.2) is 61.2 Å². The molecule has 1 aliphatic heterocycles. The molecule has 0 aromatic heterocycles. The van der Waals surface area contributed by atoms with E-state index in [1.807, 2.05) is 0 Å². The van der Waals surface area contributed by atoms with Crippen molar-refractivity contribution in [3.05, 3.63) is 0 Å². The van der Waals surface area contributed by atoms with Crippen LogP contribution >= 0.6 is 0 Å². The van der Waals surface area contributed by atoms with Gasteiger partial charge in [0, 0.05) is 19.6 Å². The standard InChI is InChI=1S/C13H24N4O3/c14-11(16-19)13(3-1-4-13)12(18)15-5-2-6-17-7-9-20-10-8-17/h19H,1-10H2,(H2,14,16)(H,15,18). The number of carbonyl (C=O) groups excluding carboxylic acids is 1. The maximum Gasteiger partial charge on any atom is 0.233 e. The quantitative estimate of drug-likeness (QED) is 0.205. The summed E-state index contributed by atoms with van der Waals surface area (Å²) in [6, 6.07) is 0. The summed E-state index contributed by atoms with van der Waals surface area (Å²) in [5, 5.41) is 14.7. The topological polar surface area (TPSA) is 100 Å². The molecule has 2 fully saturated rings. The van der Waals surface area contributed by atoms with Gasteiger partial charge in [-0.25, -0.2) is 0 Å². The third-order valence-electron chi connectivity index (χ3n) is 4.28. The molecule has 0 aromatic carbocycles. The normalized spacial score (nSPS) is 23.1. The number of morpholine rings is 1. The second-order valence-corrected chi connectivity index (χ2v) is 5.48. The Kier molecular flexibility index (Phi) is 5.19. The van der Waals surface area contributed by atoms with E-state index in [0.717, 1.165) is 45.7 Å². The molecule has 7 nitrogen and oxygen atoms in total. The molecule has 1 aliphatic carbocycles. The molecule has 2 aliphatic rings. The zero-order valence-corrected chi connectivity index (χ0v) is 11.8. The maximum atomic E-state index is 12.2. The minimum Gasteiger partial charge on any atom is -0.409 e. The van der Waals surface area contributed by atoms with Gasteiger partial charge in [-0.3, -0.25) is 9.69 Å². The van der Waals surface area contributed by atoms with Crippen LogP contribution < -0.4 is 11.1 Å². The number of ether oxygens (including phenoxy) is 1. The summed E-state index contributed by atoms with van der Waals surface area (Å²) in [6.45, 7) is 5.08. The van der Waals surface area contributed by atoms with Gasteiger partial charge in [-0.1, -0.05) is 11.6 Å². The Morgan fingerprint density at radius 2 is 2.10 bits per heavy atom. The molecule has 0 atom stereocenters. The smallest absolute Gasteiger partial charge is 0.233 e. The van der Waals surface area contributed by atoms with Gasteiger partial charge in [-0.2, -0.15) is 0 Å². The van der Waals surface area contributed by atoms with E-state index in [1.165, 1.54) is 0 Å². The van der Waals surface area contributed by atoms with Gasteiger partial charge >= 0.3 is 0 Å². The molecular weight excluding hydrogens is 260 g/mol. The second-order valence-electron chi connectivity index (χ2n) is 5.48. The molecule has 4 N–H and O–H groups in total. The van der Waals surface area contributed by atoms with E-state index in [4.69, 9.17) is 15.7 Å². The molecule has 0 bridgehead atoms. The molecule has 1 saturated carbocycles.